The van der Waals surface area contributed by atoms with Gasteiger partial charge in [-0.3, -0.25) is 24.1 Å². The number of carbonyl (C=O) groups excluding carboxylic acids is 4. The first kappa shape index (κ1) is 32.2. The van der Waals surface area contributed by atoms with Crippen LogP contribution < -0.4 is 11.1 Å². The smallest absolute Gasteiger partial charge is 0.255 e. The third-order valence-corrected chi connectivity index (χ3v) is 9.23. The van der Waals surface area contributed by atoms with E-state index in [4.69, 9.17) is 5.73 Å². The van der Waals surface area contributed by atoms with E-state index in [1.54, 1.807) is 0 Å². The molecule has 12 nitrogen and oxygen atoms in total. The van der Waals surface area contributed by atoms with Crippen molar-refractivity contribution in [2.75, 3.05) is 33.7 Å². The van der Waals surface area contributed by atoms with Gasteiger partial charge < -0.3 is 36.4 Å². The first-order valence-electron chi connectivity index (χ1n) is 14.7. The molecule has 3 aliphatic rings. The maximum absolute atomic E-state index is 13.9. The molecule has 1 aromatic rings. The summed E-state index contributed by atoms with van der Waals surface area (Å²) in [6, 6.07) is 1.39. The fourth-order valence-electron chi connectivity index (χ4n) is 6.99. The molecule has 1 aromatic carbocycles. The number of aromatic hydroxyl groups is 1. The van der Waals surface area contributed by atoms with E-state index in [-0.39, 0.29) is 41.3 Å². The van der Waals surface area contributed by atoms with Crippen LogP contribution in [0.5, 0.6) is 5.75 Å². The van der Waals surface area contributed by atoms with E-state index in [0.717, 1.165) is 32.5 Å². The van der Waals surface area contributed by atoms with E-state index in [1.807, 2.05) is 6.92 Å². The Kier molecular flexibility index (Phi) is 9.05. The molecule has 0 spiro atoms. The first-order valence-corrected chi connectivity index (χ1v) is 14.7. The molecule has 0 aromatic heterocycles. The first-order chi connectivity index (χ1) is 20.2. The molecule has 0 aliphatic heterocycles. The van der Waals surface area contributed by atoms with Gasteiger partial charge in [-0.1, -0.05) is 13.8 Å². The van der Waals surface area contributed by atoms with Crippen molar-refractivity contribution < 1.29 is 39.6 Å². The van der Waals surface area contributed by atoms with Gasteiger partial charge in [0, 0.05) is 23.1 Å². The molecule has 43 heavy (non-hydrogen) atoms. The summed E-state index contributed by atoms with van der Waals surface area (Å²) >= 11 is 0. The summed E-state index contributed by atoms with van der Waals surface area (Å²) in [6.07, 6.45) is 1.63. The van der Waals surface area contributed by atoms with Crippen LogP contribution in [0.15, 0.2) is 29.0 Å². The predicted molar refractivity (Wildman–Crippen MR) is 158 cm³/mol. The molecule has 4 rings (SSSR count). The SMILES string of the molecule is CCN(CC)CCCC(C)NC(=O)c1ccc(O)c2c1C[C@H]1C[C@H]3[C@H](N(C)C)C(=O)C(C(N)=O)=C(O)[C@@]3(O)C(=O)C1=C2O. The van der Waals surface area contributed by atoms with Crippen molar-refractivity contribution in [2.45, 2.75) is 64.1 Å². The summed E-state index contributed by atoms with van der Waals surface area (Å²) in [5.74, 6) is -7.69. The molecule has 0 heterocycles. The highest BCUT2D eigenvalue weighted by molar-refractivity contribution is 6.24. The zero-order valence-corrected chi connectivity index (χ0v) is 25.3. The average Bonchev–Trinajstić information content (AvgIpc) is 2.92. The van der Waals surface area contributed by atoms with E-state index >= 15 is 0 Å². The van der Waals surface area contributed by atoms with Crippen molar-refractivity contribution in [1.29, 1.82) is 0 Å². The molecule has 0 saturated heterocycles. The summed E-state index contributed by atoms with van der Waals surface area (Å²) in [5.41, 5.74) is 1.97. The lowest BCUT2D eigenvalue weighted by molar-refractivity contribution is -0.153. The minimum Gasteiger partial charge on any atom is -0.508 e. The highest BCUT2D eigenvalue weighted by atomic mass is 16.3. The monoisotopic (exact) mass is 598 g/mol. The third-order valence-electron chi connectivity index (χ3n) is 9.23. The lowest BCUT2D eigenvalue weighted by atomic mass is 9.57. The molecule has 0 radical (unpaired) electrons. The molecule has 1 saturated carbocycles. The van der Waals surface area contributed by atoms with E-state index in [0.29, 0.717) is 5.56 Å². The number of nitrogens with one attached hydrogen (secondary N) is 1. The molecular formula is C31H42N4O8. The average molecular weight is 599 g/mol. The predicted octanol–water partition coefficient (Wildman–Crippen LogP) is 1.20. The van der Waals surface area contributed by atoms with Crippen LogP contribution in [0.25, 0.3) is 5.76 Å². The van der Waals surface area contributed by atoms with Crippen molar-refractivity contribution in [3.8, 4) is 5.75 Å². The molecule has 3 aliphatic carbocycles. The van der Waals surface area contributed by atoms with E-state index < -0.39 is 64.0 Å². The number of aliphatic hydroxyl groups excluding tert-OH is 2. The van der Waals surface area contributed by atoms with Gasteiger partial charge in [-0.05, 0) is 90.0 Å². The number of hydrogen-bond acceptors (Lipinski definition) is 10. The number of aliphatic hydroxyl groups is 3. The van der Waals surface area contributed by atoms with Gasteiger partial charge in [-0.2, -0.15) is 0 Å². The van der Waals surface area contributed by atoms with Crippen LogP contribution in [-0.2, 0) is 20.8 Å². The number of nitrogens with zero attached hydrogens (tertiary/aromatic N) is 2. The number of nitrogens with two attached hydrogens (primary N) is 1. The van der Waals surface area contributed by atoms with Gasteiger partial charge in [0.05, 0.1) is 11.6 Å². The minimum atomic E-state index is -2.71. The Morgan fingerprint density at radius 2 is 1.79 bits per heavy atom. The molecular weight excluding hydrogens is 556 g/mol. The van der Waals surface area contributed by atoms with Gasteiger partial charge >= 0.3 is 0 Å². The summed E-state index contributed by atoms with van der Waals surface area (Å²) < 4.78 is 0. The van der Waals surface area contributed by atoms with E-state index in [9.17, 15) is 39.6 Å². The van der Waals surface area contributed by atoms with E-state index in [1.165, 1.54) is 31.1 Å². The molecule has 234 valence electrons. The number of amides is 2. The Hall–Kier alpha value is -3.74. The highest BCUT2D eigenvalue weighted by Crippen LogP contribution is 2.52. The van der Waals surface area contributed by atoms with Crippen molar-refractivity contribution >= 4 is 29.1 Å². The Morgan fingerprint density at radius 3 is 2.37 bits per heavy atom. The minimum absolute atomic E-state index is 0.0437. The van der Waals surface area contributed by atoms with Crippen LogP contribution in [0.3, 0.4) is 0 Å². The number of phenolic OH excluding ortho intramolecular Hbond substituents is 1. The van der Waals surface area contributed by atoms with Crippen molar-refractivity contribution in [2.24, 2.45) is 17.6 Å². The van der Waals surface area contributed by atoms with Crippen molar-refractivity contribution in [3.05, 3.63) is 45.7 Å². The Labute approximate surface area is 250 Å². The largest absolute Gasteiger partial charge is 0.508 e. The molecule has 2 amide bonds. The van der Waals surface area contributed by atoms with E-state index in [2.05, 4.69) is 24.1 Å². The van der Waals surface area contributed by atoms with Crippen LogP contribution >= 0.6 is 0 Å². The number of ketones is 2. The lowest BCUT2D eigenvalue weighted by Crippen LogP contribution is -2.65. The second-order valence-corrected chi connectivity index (χ2v) is 12.0. The number of Topliss-reactive ketones (excluding diaryl/α,β-unsaturated/α-hetero) is 2. The fourth-order valence-corrected chi connectivity index (χ4v) is 6.99. The number of rotatable bonds is 10. The zero-order chi connectivity index (χ0) is 32.0. The Morgan fingerprint density at radius 1 is 1.14 bits per heavy atom. The second-order valence-electron chi connectivity index (χ2n) is 12.0. The maximum Gasteiger partial charge on any atom is 0.255 e. The Bertz CT molecular complexity index is 1410. The normalized spacial score (nSPS) is 25.9. The summed E-state index contributed by atoms with van der Waals surface area (Å²) in [7, 11) is 3.08. The number of primary amides is 1. The highest BCUT2D eigenvalue weighted by Gasteiger charge is 2.64. The molecule has 1 unspecified atom stereocenters. The number of hydrogen-bond donors (Lipinski definition) is 6. The zero-order valence-electron chi connectivity index (χ0n) is 25.3. The van der Waals surface area contributed by atoms with Crippen LogP contribution in [0, 0.1) is 11.8 Å². The number of likely N-dealkylation sites (N-methyl/N-ethyl adjacent to an activating group) is 1. The number of carbonyl (C=O) groups is 4. The number of fused-ring (bicyclic) bond motifs is 3. The van der Waals surface area contributed by atoms with Gasteiger partial charge in [-0.25, -0.2) is 0 Å². The van der Waals surface area contributed by atoms with Gasteiger partial charge in [-0.15, -0.1) is 0 Å². The van der Waals surface area contributed by atoms with Gasteiger partial charge in [0.2, 0.25) is 5.78 Å². The lowest BCUT2D eigenvalue weighted by Gasteiger charge is -2.50. The van der Waals surface area contributed by atoms with Crippen LogP contribution in [0.2, 0.25) is 0 Å². The van der Waals surface area contributed by atoms with Crippen LogP contribution in [0.4, 0.5) is 0 Å². The third kappa shape index (κ3) is 5.32. The van der Waals surface area contributed by atoms with Crippen LogP contribution in [0.1, 0.15) is 61.5 Å². The van der Waals surface area contributed by atoms with Crippen molar-refractivity contribution in [3.63, 3.8) is 0 Å². The van der Waals surface area contributed by atoms with Gasteiger partial charge in [0.1, 0.15) is 22.8 Å². The molecule has 12 heteroatoms. The summed E-state index contributed by atoms with van der Waals surface area (Å²) in [4.78, 5) is 56.5. The van der Waals surface area contributed by atoms with Crippen molar-refractivity contribution in [1.82, 2.24) is 15.1 Å². The summed E-state index contributed by atoms with van der Waals surface area (Å²) in [6.45, 7) is 8.91. The van der Waals surface area contributed by atoms with Gasteiger partial charge in [0.15, 0.2) is 11.4 Å². The number of benzene rings is 1. The Balaban J connectivity index is 1.72. The summed E-state index contributed by atoms with van der Waals surface area (Å²) in [5, 5.41) is 47.8. The molecule has 5 atom stereocenters. The topological polar surface area (TPSA) is 194 Å². The van der Waals surface area contributed by atoms with Crippen LogP contribution in [-0.4, -0.2) is 105 Å². The molecule has 1 fully saturated rings. The quantitative estimate of drug-likeness (QED) is 0.213. The standard InChI is InChI=1S/C31H42N4O8/c1-6-35(7-2)12-8-9-15(3)33-30(42)17-10-11-20(36)22-18(17)13-16-14-19-24(34(4)5)26(38)23(29(32)41)28(40)31(19,43)27(39)21(16)25(22)37/h10-11,15-16,19,24,36-37,40,43H,6-9,12-14H2,1-5H3,(H2,32,41)(H,33,42)/t15?,16-,19-,24-,31-/m0/s1. The van der Waals surface area contributed by atoms with Gasteiger partial charge in [0.25, 0.3) is 11.8 Å². The fraction of sp³-hybridized carbons (Fsp3) is 0.548. The maximum atomic E-state index is 13.9. The molecule has 0 bridgehead atoms. The molecule has 7 N–H and O–H groups in total. The second kappa shape index (κ2) is 12.1. The number of phenols is 1.